The van der Waals surface area contributed by atoms with Crippen molar-refractivity contribution in [1.82, 2.24) is 4.90 Å². The predicted octanol–water partition coefficient (Wildman–Crippen LogP) is 2.63. The summed E-state index contributed by atoms with van der Waals surface area (Å²) in [5.41, 5.74) is 0.375. The summed E-state index contributed by atoms with van der Waals surface area (Å²) in [4.78, 5) is 23.7. The van der Waals surface area contributed by atoms with Gasteiger partial charge in [0, 0.05) is 12.6 Å². The van der Waals surface area contributed by atoms with Gasteiger partial charge in [0.15, 0.2) is 0 Å². The molecular weight excluding hydrogens is 284 g/mol. The molecule has 20 heavy (non-hydrogen) atoms. The minimum Gasteiger partial charge on any atom is -0.468 e. The Morgan fingerprint density at radius 1 is 1.50 bits per heavy atom. The summed E-state index contributed by atoms with van der Waals surface area (Å²) in [5, 5.41) is 11.4. The first-order valence-corrected chi connectivity index (χ1v) is 6.58. The van der Waals surface area contributed by atoms with Crippen molar-refractivity contribution in [1.29, 1.82) is 0 Å². The number of carbonyl (C=O) groups is 1. The molecule has 1 rings (SSSR count). The molecule has 0 aliphatic carbocycles. The van der Waals surface area contributed by atoms with Crippen LogP contribution in [-0.4, -0.2) is 36.0 Å². The maximum Gasteiger partial charge on any atom is 0.319 e. The molecule has 0 aromatic heterocycles. The van der Waals surface area contributed by atoms with Crippen molar-refractivity contribution in [2.45, 2.75) is 19.9 Å². The lowest BCUT2D eigenvalue weighted by atomic mass is 10.1. The van der Waals surface area contributed by atoms with E-state index in [9.17, 15) is 14.9 Å². The second-order valence-electron chi connectivity index (χ2n) is 4.28. The van der Waals surface area contributed by atoms with Crippen LogP contribution in [0.25, 0.3) is 0 Å². The molecule has 0 heterocycles. The van der Waals surface area contributed by atoms with Crippen LogP contribution in [0.5, 0.6) is 0 Å². The van der Waals surface area contributed by atoms with Crippen LogP contribution in [0, 0.1) is 10.1 Å². The number of ether oxygens (including phenoxy) is 1. The van der Waals surface area contributed by atoms with Crippen LogP contribution < -0.4 is 0 Å². The standard InChI is InChI=1S/C13H17ClN2O4/c1-3-7-15(9-13(17)20-2)8-10-11(14)5-4-6-12(10)16(18)19/h4-6H,3,7-9H2,1-2H3. The van der Waals surface area contributed by atoms with Crippen LogP contribution in [0.1, 0.15) is 18.9 Å². The van der Waals surface area contributed by atoms with E-state index >= 15 is 0 Å². The molecule has 0 atom stereocenters. The lowest BCUT2D eigenvalue weighted by Gasteiger charge is -2.20. The SMILES string of the molecule is CCCN(CC(=O)OC)Cc1c(Cl)cccc1[N+](=O)[O-]. The quantitative estimate of drug-likeness (QED) is 0.440. The van der Waals surface area contributed by atoms with Crippen LogP contribution in [0.4, 0.5) is 5.69 Å². The van der Waals surface area contributed by atoms with Gasteiger partial charge in [-0.1, -0.05) is 24.6 Å². The molecule has 0 saturated carbocycles. The average molecular weight is 301 g/mol. The third kappa shape index (κ3) is 4.47. The number of esters is 1. The van der Waals surface area contributed by atoms with Crippen molar-refractivity contribution < 1.29 is 14.5 Å². The zero-order valence-electron chi connectivity index (χ0n) is 11.5. The molecule has 0 aliphatic rings. The summed E-state index contributed by atoms with van der Waals surface area (Å²) in [6.45, 7) is 2.90. The summed E-state index contributed by atoms with van der Waals surface area (Å²) in [6.07, 6.45) is 0.815. The Kier molecular flexibility index (Phi) is 6.41. The van der Waals surface area contributed by atoms with Gasteiger partial charge in [-0.3, -0.25) is 19.8 Å². The highest BCUT2D eigenvalue weighted by atomic mass is 35.5. The summed E-state index contributed by atoms with van der Waals surface area (Å²) in [5.74, 6) is -0.381. The number of hydrogen-bond acceptors (Lipinski definition) is 5. The highest BCUT2D eigenvalue weighted by Gasteiger charge is 2.20. The Labute approximate surface area is 122 Å². The molecule has 110 valence electrons. The Hall–Kier alpha value is -1.66. The molecule has 0 radical (unpaired) electrons. The van der Waals surface area contributed by atoms with Gasteiger partial charge in [0.2, 0.25) is 0 Å². The van der Waals surface area contributed by atoms with Crippen molar-refractivity contribution in [3.63, 3.8) is 0 Å². The van der Waals surface area contributed by atoms with Crippen LogP contribution in [0.2, 0.25) is 5.02 Å². The average Bonchev–Trinajstić information content (AvgIpc) is 2.40. The van der Waals surface area contributed by atoms with Gasteiger partial charge in [0.25, 0.3) is 5.69 Å². The Bertz CT molecular complexity index is 493. The summed E-state index contributed by atoms with van der Waals surface area (Å²) in [7, 11) is 1.31. The van der Waals surface area contributed by atoms with Gasteiger partial charge >= 0.3 is 5.97 Å². The van der Waals surface area contributed by atoms with Crippen molar-refractivity contribution in [2.24, 2.45) is 0 Å². The molecule has 7 heteroatoms. The van der Waals surface area contributed by atoms with Crippen molar-refractivity contribution in [3.8, 4) is 0 Å². The number of nitrogens with zero attached hydrogens (tertiary/aromatic N) is 2. The van der Waals surface area contributed by atoms with Crippen molar-refractivity contribution in [2.75, 3.05) is 20.2 Å². The van der Waals surface area contributed by atoms with Gasteiger partial charge in [0.1, 0.15) is 0 Å². The van der Waals surface area contributed by atoms with Gasteiger partial charge in [0.05, 0.1) is 29.2 Å². The van der Waals surface area contributed by atoms with Crippen molar-refractivity contribution >= 4 is 23.3 Å². The first-order valence-electron chi connectivity index (χ1n) is 6.20. The molecule has 0 fully saturated rings. The maximum absolute atomic E-state index is 11.4. The highest BCUT2D eigenvalue weighted by molar-refractivity contribution is 6.31. The maximum atomic E-state index is 11.4. The lowest BCUT2D eigenvalue weighted by Crippen LogP contribution is -2.31. The van der Waals surface area contributed by atoms with E-state index in [4.69, 9.17) is 11.6 Å². The van der Waals surface area contributed by atoms with Gasteiger partial charge in [-0.2, -0.15) is 0 Å². The largest absolute Gasteiger partial charge is 0.468 e. The summed E-state index contributed by atoms with van der Waals surface area (Å²) < 4.78 is 4.63. The molecule has 0 saturated heterocycles. The fraction of sp³-hybridized carbons (Fsp3) is 0.462. The molecule has 1 aromatic rings. The molecule has 6 nitrogen and oxygen atoms in total. The Morgan fingerprint density at radius 2 is 2.20 bits per heavy atom. The number of halogens is 1. The molecule has 0 amide bonds. The highest BCUT2D eigenvalue weighted by Crippen LogP contribution is 2.27. The third-order valence-electron chi connectivity index (χ3n) is 2.79. The first kappa shape index (κ1) is 16.4. The van der Waals surface area contributed by atoms with Crippen LogP contribution in [0.15, 0.2) is 18.2 Å². The zero-order chi connectivity index (χ0) is 15.1. The van der Waals surface area contributed by atoms with E-state index < -0.39 is 4.92 Å². The zero-order valence-corrected chi connectivity index (χ0v) is 12.2. The third-order valence-corrected chi connectivity index (χ3v) is 3.15. The molecule has 0 bridgehead atoms. The number of rotatable bonds is 7. The molecule has 0 aliphatic heterocycles. The molecule has 0 spiro atoms. The fourth-order valence-corrected chi connectivity index (χ4v) is 2.11. The molecule has 0 unspecified atom stereocenters. The first-order chi connectivity index (χ1) is 9.49. The minimum absolute atomic E-state index is 0.0385. The Balaban J connectivity index is 2.98. The number of nitro benzene ring substituents is 1. The van der Waals surface area contributed by atoms with E-state index in [2.05, 4.69) is 4.74 Å². The van der Waals surface area contributed by atoms with Gasteiger partial charge in [-0.25, -0.2) is 0 Å². The Morgan fingerprint density at radius 3 is 2.75 bits per heavy atom. The van der Waals surface area contributed by atoms with Gasteiger partial charge in [-0.05, 0) is 19.0 Å². The summed E-state index contributed by atoms with van der Waals surface area (Å²) >= 11 is 6.04. The van der Waals surface area contributed by atoms with E-state index in [-0.39, 0.29) is 24.7 Å². The van der Waals surface area contributed by atoms with Gasteiger partial charge in [-0.15, -0.1) is 0 Å². The second-order valence-corrected chi connectivity index (χ2v) is 4.69. The van der Waals surface area contributed by atoms with Crippen LogP contribution >= 0.6 is 11.6 Å². The van der Waals surface area contributed by atoms with Gasteiger partial charge < -0.3 is 4.74 Å². The molecular formula is C13H17ClN2O4. The minimum atomic E-state index is -0.469. The smallest absolute Gasteiger partial charge is 0.319 e. The normalized spacial score (nSPS) is 10.6. The van der Waals surface area contributed by atoms with Crippen LogP contribution in [0.3, 0.4) is 0 Å². The van der Waals surface area contributed by atoms with E-state index in [1.165, 1.54) is 19.2 Å². The molecule has 1 aromatic carbocycles. The fourth-order valence-electron chi connectivity index (χ4n) is 1.88. The van der Waals surface area contributed by atoms with E-state index in [1.54, 1.807) is 11.0 Å². The van der Waals surface area contributed by atoms with Crippen LogP contribution in [-0.2, 0) is 16.1 Å². The van der Waals surface area contributed by atoms with Crippen molar-refractivity contribution in [3.05, 3.63) is 38.9 Å². The number of benzene rings is 1. The number of methoxy groups -OCH3 is 1. The monoisotopic (exact) mass is 300 g/mol. The molecule has 0 N–H and O–H groups in total. The van der Waals surface area contributed by atoms with E-state index in [1.807, 2.05) is 6.92 Å². The second kappa shape index (κ2) is 7.81. The number of carbonyl (C=O) groups excluding carboxylic acids is 1. The van der Waals surface area contributed by atoms with E-state index in [0.717, 1.165) is 6.42 Å². The topological polar surface area (TPSA) is 72.7 Å². The summed E-state index contributed by atoms with van der Waals surface area (Å²) in [6, 6.07) is 4.55. The lowest BCUT2D eigenvalue weighted by molar-refractivity contribution is -0.385. The number of hydrogen-bond donors (Lipinski definition) is 0. The van der Waals surface area contributed by atoms with E-state index in [0.29, 0.717) is 17.1 Å². The predicted molar refractivity (Wildman–Crippen MR) is 75.7 cm³/mol. The number of nitro groups is 1.